The minimum atomic E-state index is -0.877. The zero-order valence-corrected chi connectivity index (χ0v) is 46.7. The topological polar surface area (TPSA) is 69.6 Å². The number of carbonyl (C=O) groups is 1. The Morgan fingerprint density at radius 3 is 0.986 bits per heavy atom. The fourth-order valence-corrected chi connectivity index (χ4v) is 8.60. The lowest BCUT2D eigenvalue weighted by atomic mass is 10.0. The van der Waals surface area contributed by atoms with Crippen molar-refractivity contribution in [3.05, 3.63) is 122 Å². The second kappa shape index (κ2) is 61.1. The van der Waals surface area contributed by atoms with Crippen LogP contribution in [0.3, 0.4) is 0 Å². The highest BCUT2D eigenvalue weighted by Crippen LogP contribution is 2.16. The van der Waals surface area contributed by atoms with Crippen LogP contribution in [-0.4, -0.2) is 34.9 Å². The van der Waals surface area contributed by atoms with Crippen LogP contribution < -0.4 is 5.32 Å². The van der Waals surface area contributed by atoms with E-state index in [0.717, 1.165) is 83.5 Å². The van der Waals surface area contributed by atoms with E-state index in [0.29, 0.717) is 6.42 Å². The smallest absolute Gasteiger partial charge is 0.220 e. The van der Waals surface area contributed by atoms with Gasteiger partial charge < -0.3 is 15.5 Å². The van der Waals surface area contributed by atoms with E-state index in [9.17, 15) is 15.0 Å². The Hall–Kier alpha value is -3.21. The van der Waals surface area contributed by atoms with Gasteiger partial charge in [0.2, 0.25) is 5.91 Å². The molecule has 71 heavy (non-hydrogen) atoms. The number of nitrogens with one attached hydrogen (secondary N) is 1. The summed E-state index contributed by atoms with van der Waals surface area (Å²) in [6.45, 7) is 4.19. The molecule has 1 amide bonds. The summed E-state index contributed by atoms with van der Waals surface area (Å²) in [6.07, 6.45) is 93.7. The molecule has 4 nitrogen and oxygen atoms in total. The van der Waals surface area contributed by atoms with Gasteiger partial charge in [-0.2, -0.15) is 0 Å². The van der Waals surface area contributed by atoms with Gasteiger partial charge in [-0.1, -0.05) is 289 Å². The number of unbranched alkanes of at least 4 members (excludes halogenated alkanes) is 29. The van der Waals surface area contributed by atoms with Gasteiger partial charge in [0.1, 0.15) is 0 Å². The summed E-state index contributed by atoms with van der Waals surface area (Å²) in [5.74, 6) is -0.0804. The lowest BCUT2D eigenvalue weighted by Gasteiger charge is -2.19. The molecular weight excluding hydrogens is 867 g/mol. The third-order valence-corrected chi connectivity index (χ3v) is 13.2. The van der Waals surface area contributed by atoms with E-state index in [1.165, 1.54) is 173 Å². The van der Waals surface area contributed by atoms with Gasteiger partial charge in [-0.05, 0) is 103 Å². The molecule has 4 heteroatoms. The highest BCUT2D eigenvalue weighted by molar-refractivity contribution is 5.76. The van der Waals surface area contributed by atoms with Crippen molar-refractivity contribution >= 4 is 5.91 Å². The van der Waals surface area contributed by atoms with Crippen LogP contribution in [0.4, 0.5) is 0 Å². The molecule has 0 saturated carbocycles. The minimum absolute atomic E-state index is 0.0804. The molecular formula is C67H115NO3. The summed E-state index contributed by atoms with van der Waals surface area (Å²) >= 11 is 0. The van der Waals surface area contributed by atoms with Crippen LogP contribution in [0.5, 0.6) is 0 Å². The van der Waals surface area contributed by atoms with Crippen LogP contribution in [0.15, 0.2) is 122 Å². The molecule has 0 radical (unpaired) electrons. The van der Waals surface area contributed by atoms with Crippen LogP contribution in [-0.2, 0) is 4.79 Å². The van der Waals surface area contributed by atoms with E-state index < -0.39 is 12.1 Å². The van der Waals surface area contributed by atoms with Gasteiger partial charge in [0, 0.05) is 6.42 Å². The van der Waals surface area contributed by atoms with E-state index in [-0.39, 0.29) is 12.5 Å². The number of aliphatic hydroxyl groups excluding tert-OH is 2. The molecule has 0 bridgehead atoms. The molecule has 0 aliphatic rings. The molecule has 0 fully saturated rings. The first-order valence-corrected chi connectivity index (χ1v) is 30.2. The van der Waals surface area contributed by atoms with Crippen molar-refractivity contribution in [1.82, 2.24) is 5.32 Å². The van der Waals surface area contributed by atoms with Crippen molar-refractivity contribution in [3.8, 4) is 0 Å². The molecule has 0 saturated heterocycles. The summed E-state index contributed by atoms with van der Waals surface area (Å²) < 4.78 is 0. The highest BCUT2D eigenvalue weighted by atomic mass is 16.3. The van der Waals surface area contributed by atoms with Crippen LogP contribution in [0.25, 0.3) is 0 Å². The predicted molar refractivity (Wildman–Crippen MR) is 317 cm³/mol. The zero-order valence-electron chi connectivity index (χ0n) is 46.7. The Bertz CT molecular complexity index is 1390. The molecule has 0 rings (SSSR count). The predicted octanol–water partition coefficient (Wildman–Crippen LogP) is 20.4. The van der Waals surface area contributed by atoms with Gasteiger partial charge in [0.25, 0.3) is 0 Å². The summed E-state index contributed by atoms with van der Waals surface area (Å²) in [5, 5.41) is 23.2. The van der Waals surface area contributed by atoms with Gasteiger partial charge in [0.05, 0.1) is 18.8 Å². The fourth-order valence-electron chi connectivity index (χ4n) is 8.60. The summed E-state index contributed by atoms with van der Waals surface area (Å²) in [7, 11) is 0. The summed E-state index contributed by atoms with van der Waals surface area (Å²) in [5.41, 5.74) is 0. The molecule has 0 aromatic carbocycles. The van der Waals surface area contributed by atoms with Crippen LogP contribution in [0, 0.1) is 0 Å². The number of aliphatic hydroxyl groups is 2. The summed E-state index contributed by atoms with van der Waals surface area (Å²) in [6, 6.07) is -0.653. The molecule has 0 heterocycles. The molecule has 0 spiro atoms. The van der Waals surface area contributed by atoms with Crippen LogP contribution in [0.1, 0.15) is 277 Å². The third kappa shape index (κ3) is 57.6. The standard InChI is InChI=1S/C67H115NO3/c1-3-5-7-9-11-13-15-17-19-21-23-25-27-28-29-30-31-32-33-34-35-36-37-38-39-40-41-43-45-47-49-51-53-55-57-59-61-63-67(71)68-65(64-69)66(70)62-60-58-56-54-52-50-48-46-44-42-26-24-22-20-18-16-14-12-10-8-6-4-2/h5,7,11,13,17,19,23,25,28-29,31-32,34-35,44,46,52,54,60,62,65-66,69-70H,3-4,6,8-10,12,14-16,18,20-22,24,26-27,30,33,36-43,45,47-51,53,55-59,61,63-64H2,1-2H3,(H,68,71)/b7-5-,13-11-,19-17-,25-23-,29-28-,32-31-,35-34-,46-44+,54-52+,62-60+. The number of hydrogen-bond donors (Lipinski definition) is 3. The van der Waals surface area contributed by atoms with Crippen molar-refractivity contribution in [2.75, 3.05) is 6.61 Å². The van der Waals surface area contributed by atoms with E-state index in [1.807, 2.05) is 6.08 Å². The fraction of sp³-hybridized carbons (Fsp3) is 0.687. The lowest BCUT2D eigenvalue weighted by Crippen LogP contribution is -2.45. The molecule has 0 aromatic heterocycles. The Morgan fingerprint density at radius 1 is 0.352 bits per heavy atom. The first kappa shape index (κ1) is 67.8. The van der Waals surface area contributed by atoms with E-state index in [4.69, 9.17) is 0 Å². The zero-order chi connectivity index (χ0) is 51.3. The van der Waals surface area contributed by atoms with Crippen molar-refractivity contribution < 1.29 is 15.0 Å². The Morgan fingerprint density at radius 2 is 0.634 bits per heavy atom. The minimum Gasteiger partial charge on any atom is -0.394 e. The molecule has 2 unspecified atom stereocenters. The Labute approximate surface area is 441 Å². The number of carbonyl (C=O) groups excluding carboxylic acids is 1. The largest absolute Gasteiger partial charge is 0.394 e. The van der Waals surface area contributed by atoms with Gasteiger partial charge in [-0.3, -0.25) is 4.79 Å². The number of allylic oxidation sites excluding steroid dienone is 19. The first-order valence-electron chi connectivity index (χ1n) is 30.2. The molecule has 406 valence electrons. The van der Waals surface area contributed by atoms with Crippen molar-refractivity contribution in [1.29, 1.82) is 0 Å². The second-order valence-electron chi connectivity index (χ2n) is 20.0. The monoisotopic (exact) mass is 982 g/mol. The van der Waals surface area contributed by atoms with Crippen LogP contribution >= 0.6 is 0 Å². The van der Waals surface area contributed by atoms with Gasteiger partial charge in [-0.25, -0.2) is 0 Å². The summed E-state index contributed by atoms with van der Waals surface area (Å²) in [4.78, 5) is 12.5. The third-order valence-electron chi connectivity index (χ3n) is 13.2. The molecule has 3 N–H and O–H groups in total. The first-order chi connectivity index (χ1) is 35.2. The maximum atomic E-state index is 12.5. The average molecular weight is 983 g/mol. The van der Waals surface area contributed by atoms with Gasteiger partial charge in [0.15, 0.2) is 0 Å². The van der Waals surface area contributed by atoms with Gasteiger partial charge >= 0.3 is 0 Å². The molecule has 0 aromatic rings. The maximum Gasteiger partial charge on any atom is 0.220 e. The normalized spacial score (nSPS) is 13.7. The maximum absolute atomic E-state index is 12.5. The number of rotatable bonds is 54. The molecule has 2 atom stereocenters. The molecule has 0 aliphatic heterocycles. The Kier molecular flexibility index (Phi) is 58.3. The lowest BCUT2D eigenvalue weighted by molar-refractivity contribution is -0.123. The van der Waals surface area contributed by atoms with Crippen LogP contribution in [0.2, 0.25) is 0 Å². The quantitative estimate of drug-likeness (QED) is 0.0420. The van der Waals surface area contributed by atoms with E-state index >= 15 is 0 Å². The van der Waals surface area contributed by atoms with E-state index in [2.05, 4.69) is 129 Å². The number of amides is 1. The van der Waals surface area contributed by atoms with Crippen molar-refractivity contribution in [2.24, 2.45) is 0 Å². The van der Waals surface area contributed by atoms with Gasteiger partial charge in [-0.15, -0.1) is 0 Å². The average Bonchev–Trinajstić information content (AvgIpc) is 3.37. The van der Waals surface area contributed by atoms with Crippen molar-refractivity contribution in [3.63, 3.8) is 0 Å². The molecule has 0 aliphatic carbocycles. The second-order valence-corrected chi connectivity index (χ2v) is 20.0. The Balaban J connectivity index is 3.57. The van der Waals surface area contributed by atoms with E-state index in [1.54, 1.807) is 6.08 Å². The SMILES string of the molecule is CC/C=C\C/C=C\C/C=C\C/C=C\C/C=C\C/C=C\C/C=C\CCCCCCCCCCCCCCCCCC(=O)NC(CO)C(O)/C=C/CC/C=C/CC/C=C/CCCCCCCCCCCCCC. The number of hydrogen-bond acceptors (Lipinski definition) is 3. The highest BCUT2D eigenvalue weighted by Gasteiger charge is 2.18. The van der Waals surface area contributed by atoms with Crippen molar-refractivity contribution in [2.45, 2.75) is 289 Å².